The number of fused-ring (bicyclic) bond motifs is 3. The standard InChI is InChI=1S/C34H31N7O2/c35-14-7-15-40-21-26(32-33(42)37-28-18-30-29(17-27(28)36-32)38-34(43)39-30)25-16-24(12-13-31(25)40)41(19-22-8-3-1-4-9-22)20-23-10-5-2-6-11-23/h1-6,8-13,16-18,21H,7,14-15,19-20,35H2,(H,37,42)(H2,38,39,43). The van der Waals surface area contributed by atoms with Gasteiger partial charge in [0.1, 0.15) is 5.69 Å². The first-order valence-electron chi connectivity index (χ1n) is 14.4. The molecule has 0 atom stereocenters. The number of aromatic nitrogens is 5. The molecule has 0 aliphatic carbocycles. The van der Waals surface area contributed by atoms with Crippen molar-refractivity contribution in [3.8, 4) is 11.3 Å². The van der Waals surface area contributed by atoms with Crippen molar-refractivity contribution in [3.63, 3.8) is 0 Å². The zero-order chi connectivity index (χ0) is 29.3. The monoisotopic (exact) mass is 569 g/mol. The van der Waals surface area contributed by atoms with E-state index < -0.39 is 0 Å². The van der Waals surface area contributed by atoms with Crippen LogP contribution >= 0.6 is 0 Å². The van der Waals surface area contributed by atoms with Crippen LogP contribution in [0.3, 0.4) is 0 Å². The molecule has 9 heteroatoms. The van der Waals surface area contributed by atoms with Crippen LogP contribution in [0.5, 0.6) is 0 Å². The Balaban J connectivity index is 1.38. The molecular formula is C34H31N7O2. The summed E-state index contributed by atoms with van der Waals surface area (Å²) >= 11 is 0. The van der Waals surface area contributed by atoms with E-state index in [0.29, 0.717) is 34.3 Å². The minimum Gasteiger partial charge on any atom is -0.363 e. The van der Waals surface area contributed by atoms with E-state index in [1.165, 1.54) is 11.1 Å². The molecule has 0 unspecified atom stereocenters. The summed E-state index contributed by atoms with van der Waals surface area (Å²) < 4.78 is 2.15. The highest BCUT2D eigenvalue weighted by atomic mass is 16.1. The summed E-state index contributed by atoms with van der Waals surface area (Å²) in [4.78, 5) is 41.0. The molecule has 0 spiro atoms. The number of imidazole rings is 1. The second kappa shape index (κ2) is 11.1. The number of anilines is 1. The van der Waals surface area contributed by atoms with Gasteiger partial charge in [0, 0.05) is 48.0 Å². The quantitative estimate of drug-likeness (QED) is 0.188. The second-order valence-electron chi connectivity index (χ2n) is 10.8. The maximum Gasteiger partial charge on any atom is 0.323 e. The van der Waals surface area contributed by atoms with Crippen LogP contribution in [0.15, 0.2) is 107 Å². The van der Waals surface area contributed by atoms with Crippen LogP contribution in [0, 0.1) is 0 Å². The molecule has 5 N–H and O–H groups in total. The molecule has 0 saturated heterocycles. The van der Waals surface area contributed by atoms with Crippen LogP contribution in [0.25, 0.3) is 44.2 Å². The fourth-order valence-corrected chi connectivity index (χ4v) is 5.76. The lowest BCUT2D eigenvalue weighted by molar-refractivity contribution is 0.671. The van der Waals surface area contributed by atoms with Gasteiger partial charge in [-0.3, -0.25) is 4.79 Å². The first-order valence-corrected chi connectivity index (χ1v) is 14.4. The smallest absolute Gasteiger partial charge is 0.323 e. The molecule has 3 heterocycles. The van der Waals surface area contributed by atoms with E-state index >= 15 is 0 Å². The predicted molar refractivity (Wildman–Crippen MR) is 172 cm³/mol. The number of nitrogens with one attached hydrogen (secondary N) is 3. The molecule has 0 aliphatic heterocycles. The zero-order valence-electron chi connectivity index (χ0n) is 23.5. The summed E-state index contributed by atoms with van der Waals surface area (Å²) in [5.74, 6) is 0. The molecule has 7 aromatic rings. The van der Waals surface area contributed by atoms with Gasteiger partial charge in [0.05, 0.1) is 22.1 Å². The average molecular weight is 570 g/mol. The Bertz CT molecular complexity index is 2130. The molecule has 0 bridgehead atoms. The lowest BCUT2D eigenvalue weighted by Gasteiger charge is -2.26. The van der Waals surface area contributed by atoms with E-state index in [2.05, 4.69) is 91.1 Å². The number of nitrogens with two attached hydrogens (primary N) is 1. The normalized spacial score (nSPS) is 11.6. The summed E-state index contributed by atoms with van der Waals surface area (Å²) in [6, 6.07) is 30.8. The van der Waals surface area contributed by atoms with Crippen molar-refractivity contribution in [2.24, 2.45) is 5.73 Å². The molecule has 214 valence electrons. The zero-order valence-corrected chi connectivity index (χ0v) is 23.5. The van der Waals surface area contributed by atoms with Gasteiger partial charge in [-0.25, -0.2) is 9.78 Å². The van der Waals surface area contributed by atoms with Gasteiger partial charge in [-0.15, -0.1) is 0 Å². The number of aryl methyl sites for hydroxylation is 1. The number of rotatable bonds is 9. The second-order valence-corrected chi connectivity index (χ2v) is 10.8. The maximum atomic E-state index is 13.5. The van der Waals surface area contributed by atoms with Crippen molar-refractivity contribution in [1.29, 1.82) is 0 Å². The number of benzene rings is 4. The third-order valence-corrected chi connectivity index (χ3v) is 7.85. The molecule has 0 aliphatic rings. The summed E-state index contributed by atoms with van der Waals surface area (Å²) in [7, 11) is 0. The first kappa shape index (κ1) is 26.5. The highest BCUT2D eigenvalue weighted by molar-refractivity contribution is 5.98. The van der Waals surface area contributed by atoms with Crippen LogP contribution in [-0.4, -0.2) is 31.0 Å². The van der Waals surface area contributed by atoms with Crippen LogP contribution in [0.4, 0.5) is 5.69 Å². The van der Waals surface area contributed by atoms with Gasteiger partial charge in [0.2, 0.25) is 0 Å². The Labute approximate surface area is 246 Å². The molecule has 43 heavy (non-hydrogen) atoms. The molecule has 4 aromatic carbocycles. The van der Waals surface area contributed by atoms with Crippen molar-refractivity contribution in [1.82, 2.24) is 24.5 Å². The topological polar surface area (TPSA) is 129 Å². The van der Waals surface area contributed by atoms with Crippen molar-refractivity contribution in [2.45, 2.75) is 26.1 Å². The summed E-state index contributed by atoms with van der Waals surface area (Å²) in [6.07, 6.45) is 2.81. The fraction of sp³-hybridized carbons (Fsp3) is 0.147. The summed E-state index contributed by atoms with van der Waals surface area (Å²) in [6.45, 7) is 2.74. The molecule has 7 rings (SSSR count). The molecule has 0 amide bonds. The molecular weight excluding hydrogens is 538 g/mol. The van der Waals surface area contributed by atoms with Crippen LogP contribution in [0.1, 0.15) is 17.5 Å². The van der Waals surface area contributed by atoms with E-state index in [-0.39, 0.29) is 11.2 Å². The van der Waals surface area contributed by atoms with Gasteiger partial charge in [0.15, 0.2) is 0 Å². The van der Waals surface area contributed by atoms with Gasteiger partial charge in [0.25, 0.3) is 5.56 Å². The third-order valence-electron chi connectivity index (χ3n) is 7.85. The Kier molecular flexibility index (Phi) is 6.84. The third kappa shape index (κ3) is 5.22. The van der Waals surface area contributed by atoms with E-state index in [4.69, 9.17) is 10.7 Å². The lowest BCUT2D eigenvalue weighted by atomic mass is 10.1. The van der Waals surface area contributed by atoms with Gasteiger partial charge in [-0.1, -0.05) is 60.7 Å². The number of hydrogen-bond donors (Lipinski definition) is 4. The Hall–Kier alpha value is -5.41. The number of aromatic amines is 3. The highest BCUT2D eigenvalue weighted by Crippen LogP contribution is 2.33. The van der Waals surface area contributed by atoms with Gasteiger partial charge >= 0.3 is 5.69 Å². The van der Waals surface area contributed by atoms with Crippen molar-refractivity contribution in [2.75, 3.05) is 11.4 Å². The Morgan fingerprint density at radius 1 is 0.767 bits per heavy atom. The largest absolute Gasteiger partial charge is 0.363 e. The van der Waals surface area contributed by atoms with Crippen molar-refractivity contribution >= 4 is 38.7 Å². The van der Waals surface area contributed by atoms with Gasteiger partial charge in [-0.2, -0.15) is 0 Å². The maximum absolute atomic E-state index is 13.5. The lowest BCUT2D eigenvalue weighted by Crippen LogP contribution is -2.22. The first-order chi connectivity index (χ1) is 21.1. The number of hydrogen-bond acceptors (Lipinski definition) is 5. The molecule has 3 aromatic heterocycles. The van der Waals surface area contributed by atoms with E-state index in [0.717, 1.165) is 48.2 Å². The summed E-state index contributed by atoms with van der Waals surface area (Å²) in [5.41, 5.74) is 13.2. The van der Waals surface area contributed by atoms with E-state index in [1.54, 1.807) is 12.1 Å². The minimum absolute atomic E-state index is 0.293. The average Bonchev–Trinajstić information content (AvgIpc) is 3.57. The van der Waals surface area contributed by atoms with E-state index in [1.807, 2.05) is 18.3 Å². The molecule has 0 fully saturated rings. The van der Waals surface area contributed by atoms with Crippen LogP contribution < -0.4 is 21.9 Å². The molecule has 0 saturated carbocycles. The van der Waals surface area contributed by atoms with Gasteiger partial charge < -0.3 is 30.2 Å². The number of H-pyrrole nitrogens is 3. The molecule has 0 radical (unpaired) electrons. The molecule has 9 nitrogen and oxygen atoms in total. The van der Waals surface area contributed by atoms with Crippen molar-refractivity contribution in [3.05, 3.63) is 129 Å². The van der Waals surface area contributed by atoms with Crippen molar-refractivity contribution < 1.29 is 0 Å². The SMILES string of the molecule is NCCCn1cc(-c2nc3cc4[nH]c(=O)[nH]c4cc3[nH]c2=O)c2cc(N(Cc3ccccc3)Cc3ccccc3)ccc21. The fourth-order valence-electron chi connectivity index (χ4n) is 5.76. The Morgan fingerprint density at radius 2 is 1.44 bits per heavy atom. The Morgan fingerprint density at radius 3 is 2.12 bits per heavy atom. The summed E-state index contributed by atoms with van der Waals surface area (Å²) in [5, 5.41) is 0.939. The predicted octanol–water partition coefficient (Wildman–Crippen LogP) is 5.27. The van der Waals surface area contributed by atoms with Crippen LogP contribution in [0.2, 0.25) is 0 Å². The van der Waals surface area contributed by atoms with Gasteiger partial charge in [-0.05, 0) is 54.4 Å². The van der Waals surface area contributed by atoms with E-state index in [9.17, 15) is 9.59 Å². The number of nitrogens with zero attached hydrogens (tertiary/aromatic N) is 3. The highest BCUT2D eigenvalue weighted by Gasteiger charge is 2.18. The minimum atomic E-state index is -0.307. The van der Waals surface area contributed by atoms with Crippen LogP contribution in [-0.2, 0) is 19.6 Å².